The van der Waals surface area contributed by atoms with E-state index in [-0.39, 0.29) is 36.7 Å². The molecule has 0 radical (unpaired) electrons. The highest BCUT2D eigenvalue weighted by molar-refractivity contribution is 7.92. The lowest BCUT2D eigenvalue weighted by atomic mass is 9.95. The van der Waals surface area contributed by atoms with Crippen LogP contribution >= 0.6 is 23.2 Å². The quantitative estimate of drug-likeness (QED) is 0.424. The number of nitrogens with one attached hydrogen (secondary N) is 1. The molecule has 1 saturated carbocycles. The summed E-state index contributed by atoms with van der Waals surface area (Å²) in [5.74, 6) is -0.165. The molecule has 1 fully saturated rings. The number of halogens is 2. The highest BCUT2D eigenvalue weighted by Crippen LogP contribution is 2.36. The first kappa shape index (κ1) is 29.3. The van der Waals surface area contributed by atoms with Gasteiger partial charge in [-0.25, -0.2) is 8.42 Å². The molecule has 4 rings (SSSR count). The Labute approximate surface area is 239 Å². The minimum Gasteiger partial charge on any atom is -0.454 e. The van der Waals surface area contributed by atoms with Crippen molar-refractivity contribution in [3.8, 4) is 11.5 Å². The van der Waals surface area contributed by atoms with E-state index in [1.54, 1.807) is 37.3 Å². The van der Waals surface area contributed by atoms with E-state index in [9.17, 15) is 18.0 Å². The first-order valence-corrected chi connectivity index (χ1v) is 15.4. The Bertz CT molecular complexity index is 1320. The predicted molar refractivity (Wildman–Crippen MR) is 151 cm³/mol. The SMILES string of the molecule is CCS(=O)(=O)N(CC(=O)N(Cc1ccc(Cl)c(Cl)c1)C(C)C(=O)NC1CCCCC1)c1ccc2c(c1)OCO2. The average molecular weight is 599 g/mol. The average Bonchev–Trinajstić information content (AvgIpc) is 3.40. The van der Waals surface area contributed by atoms with Gasteiger partial charge in [-0.05, 0) is 56.5 Å². The molecule has 1 aliphatic heterocycles. The maximum absolute atomic E-state index is 13.8. The zero-order valence-corrected chi connectivity index (χ0v) is 24.3. The highest BCUT2D eigenvalue weighted by Gasteiger charge is 2.32. The molecule has 12 heteroatoms. The van der Waals surface area contributed by atoms with Gasteiger partial charge in [-0.3, -0.25) is 13.9 Å². The van der Waals surface area contributed by atoms with Crippen LogP contribution in [-0.2, 0) is 26.2 Å². The number of benzene rings is 2. The van der Waals surface area contributed by atoms with Gasteiger partial charge in [-0.2, -0.15) is 0 Å². The Hall–Kier alpha value is -2.69. The Morgan fingerprint density at radius 3 is 2.44 bits per heavy atom. The lowest BCUT2D eigenvalue weighted by Crippen LogP contribution is -2.53. The molecule has 0 bridgehead atoms. The molecule has 1 N–H and O–H groups in total. The molecule has 9 nitrogen and oxygen atoms in total. The minimum absolute atomic E-state index is 0.0310. The van der Waals surface area contributed by atoms with Crippen LogP contribution in [0.15, 0.2) is 36.4 Å². The molecule has 1 unspecified atom stereocenters. The number of rotatable bonds is 10. The normalized spacial score (nSPS) is 16.0. The molecule has 212 valence electrons. The van der Waals surface area contributed by atoms with Gasteiger partial charge in [0.25, 0.3) is 0 Å². The second-order valence-corrected chi connectivity index (χ2v) is 12.7. The minimum atomic E-state index is -3.86. The third-order valence-corrected chi connectivity index (χ3v) is 9.56. The molecule has 1 heterocycles. The van der Waals surface area contributed by atoms with Crippen molar-refractivity contribution in [1.29, 1.82) is 0 Å². The van der Waals surface area contributed by atoms with Gasteiger partial charge < -0.3 is 19.7 Å². The summed E-state index contributed by atoms with van der Waals surface area (Å²) in [5, 5.41) is 3.75. The molecule has 2 aliphatic rings. The van der Waals surface area contributed by atoms with E-state index in [4.69, 9.17) is 32.7 Å². The van der Waals surface area contributed by atoms with E-state index in [0.29, 0.717) is 27.1 Å². The molecule has 1 atom stereocenters. The van der Waals surface area contributed by atoms with Crippen LogP contribution in [0.25, 0.3) is 0 Å². The van der Waals surface area contributed by atoms with Crippen molar-refractivity contribution in [1.82, 2.24) is 10.2 Å². The lowest BCUT2D eigenvalue weighted by Gasteiger charge is -2.33. The summed E-state index contributed by atoms with van der Waals surface area (Å²) in [6, 6.07) is 8.87. The first-order chi connectivity index (χ1) is 18.6. The summed E-state index contributed by atoms with van der Waals surface area (Å²) < 4.78 is 38.1. The van der Waals surface area contributed by atoms with Crippen LogP contribution in [0, 0.1) is 0 Å². The number of carbonyl (C=O) groups is 2. The summed E-state index contributed by atoms with van der Waals surface area (Å²) >= 11 is 12.3. The lowest BCUT2D eigenvalue weighted by molar-refractivity contribution is -0.139. The fourth-order valence-electron chi connectivity index (χ4n) is 4.75. The van der Waals surface area contributed by atoms with Crippen molar-refractivity contribution in [2.24, 2.45) is 0 Å². The number of hydrogen-bond acceptors (Lipinski definition) is 6. The number of amides is 2. The molecule has 1 aliphatic carbocycles. The molecule has 2 aromatic rings. The molecule has 2 aromatic carbocycles. The second-order valence-electron chi connectivity index (χ2n) is 9.73. The highest BCUT2D eigenvalue weighted by atomic mass is 35.5. The third kappa shape index (κ3) is 7.10. The molecule has 0 aromatic heterocycles. The summed E-state index contributed by atoms with van der Waals surface area (Å²) in [6.07, 6.45) is 5.03. The molecular formula is C27H33Cl2N3O6S. The number of anilines is 1. The number of sulfonamides is 1. The summed E-state index contributed by atoms with van der Waals surface area (Å²) in [4.78, 5) is 28.5. The Balaban J connectivity index is 1.62. The molecular weight excluding hydrogens is 565 g/mol. The van der Waals surface area contributed by atoms with Gasteiger partial charge in [0.2, 0.25) is 28.6 Å². The van der Waals surface area contributed by atoms with Gasteiger partial charge in [-0.1, -0.05) is 48.5 Å². The standard InChI is InChI=1S/C27H33Cl2N3O6S/c1-3-39(35,36)32(21-10-12-24-25(14-21)38-17-37-24)16-26(33)31(15-19-9-11-22(28)23(29)13-19)18(2)27(34)30-20-7-5-4-6-8-20/h9-14,18,20H,3-8,15-17H2,1-2H3,(H,30,34). The van der Waals surface area contributed by atoms with Gasteiger partial charge in [0.15, 0.2) is 11.5 Å². The maximum atomic E-state index is 13.8. The van der Waals surface area contributed by atoms with Gasteiger partial charge in [-0.15, -0.1) is 0 Å². The van der Waals surface area contributed by atoms with Crippen molar-refractivity contribution in [3.05, 3.63) is 52.0 Å². The number of ether oxygens (including phenoxy) is 2. The number of hydrogen-bond donors (Lipinski definition) is 1. The molecule has 0 spiro atoms. The number of nitrogens with zero attached hydrogens (tertiary/aromatic N) is 2. The van der Waals surface area contributed by atoms with Crippen LogP contribution in [0.3, 0.4) is 0 Å². The molecule has 2 amide bonds. The second kappa shape index (κ2) is 12.7. The van der Waals surface area contributed by atoms with Crippen molar-refractivity contribution in [3.63, 3.8) is 0 Å². The molecule has 0 saturated heterocycles. The van der Waals surface area contributed by atoms with Crippen molar-refractivity contribution >= 4 is 50.7 Å². The van der Waals surface area contributed by atoms with Crippen molar-refractivity contribution in [2.45, 2.75) is 64.6 Å². The maximum Gasteiger partial charge on any atom is 0.244 e. The van der Waals surface area contributed by atoms with Crippen LogP contribution in [0.4, 0.5) is 5.69 Å². The topological polar surface area (TPSA) is 105 Å². The van der Waals surface area contributed by atoms with E-state index in [1.807, 2.05) is 0 Å². The van der Waals surface area contributed by atoms with E-state index in [1.165, 1.54) is 17.9 Å². The fourth-order valence-corrected chi connectivity index (χ4v) is 6.12. The predicted octanol–water partition coefficient (Wildman–Crippen LogP) is 4.74. The van der Waals surface area contributed by atoms with Crippen LogP contribution < -0.4 is 19.1 Å². The van der Waals surface area contributed by atoms with Crippen LogP contribution in [-0.4, -0.2) is 56.3 Å². The van der Waals surface area contributed by atoms with E-state index < -0.39 is 28.5 Å². The third-order valence-electron chi connectivity index (χ3n) is 7.08. The number of carbonyl (C=O) groups excluding carboxylic acids is 2. The van der Waals surface area contributed by atoms with Crippen molar-refractivity contribution in [2.75, 3.05) is 23.4 Å². The molecule has 39 heavy (non-hydrogen) atoms. The fraction of sp³-hybridized carbons (Fsp3) is 0.481. The Morgan fingerprint density at radius 1 is 1.03 bits per heavy atom. The number of fused-ring (bicyclic) bond motifs is 1. The zero-order valence-electron chi connectivity index (χ0n) is 22.0. The first-order valence-electron chi connectivity index (χ1n) is 13.0. The van der Waals surface area contributed by atoms with E-state index >= 15 is 0 Å². The van der Waals surface area contributed by atoms with Gasteiger partial charge in [0.1, 0.15) is 12.6 Å². The van der Waals surface area contributed by atoms with Crippen LogP contribution in [0.5, 0.6) is 11.5 Å². The van der Waals surface area contributed by atoms with E-state index in [2.05, 4.69) is 5.32 Å². The Kier molecular flexibility index (Phi) is 9.51. The van der Waals surface area contributed by atoms with Crippen LogP contribution in [0.2, 0.25) is 10.0 Å². The Morgan fingerprint density at radius 2 is 1.74 bits per heavy atom. The largest absolute Gasteiger partial charge is 0.454 e. The summed E-state index contributed by atoms with van der Waals surface area (Å²) in [6.45, 7) is 2.72. The smallest absolute Gasteiger partial charge is 0.244 e. The van der Waals surface area contributed by atoms with Crippen LogP contribution in [0.1, 0.15) is 51.5 Å². The van der Waals surface area contributed by atoms with Crippen molar-refractivity contribution < 1.29 is 27.5 Å². The monoisotopic (exact) mass is 597 g/mol. The van der Waals surface area contributed by atoms with Gasteiger partial charge in [0, 0.05) is 18.7 Å². The van der Waals surface area contributed by atoms with Gasteiger partial charge >= 0.3 is 0 Å². The zero-order chi connectivity index (χ0) is 28.2. The van der Waals surface area contributed by atoms with E-state index in [0.717, 1.165) is 36.4 Å². The van der Waals surface area contributed by atoms with Gasteiger partial charge in [0.05, 0.1) is 21.5 Å². The summed E-state index contributed by atoms with van der Waals surface area (Å²) in [5.41, 5.74) is 0.922. The summed E-state index contributed by atoms with van der Waals surface area (Å²) in [7, 11) is -3.86.